The number of ether oxygens (including phenoxy) is 5. The number of nitrogens with zero attached hydrogens (tertiary/aromatic N) is 4. The summed E-state index contributed by atoms with van der Waals surface area (Å²) in [7, 11) is 2.00. The minimum atomic E-state index is -3.75. The van der Waals surface area contributed by atoms with Gasteiger partial charge in [0.15, 0.2) is 5.56 Å². The Morgan fingerprint density at radius 2 is 1.84 bits per heavy atom. The highest BCUT2D eigenvalue weighted by Gasteiger charge is 2.44. The van der Waals surface area contributed by atoms with Gasteiger partial charge in [-0.1, -0.05) is 36.7 Å². The molecule has 2 aromatic carbocycles. The number of rotatable bonds is 6. The normalized spacial score (nSPS) is 28.3. The first-order valence-electron chi connectivity index (χ1n) is 18.6. The number of allylic oxidation sites excluding steroid dienone is 1. The quantitative estimate of drug-likeness (QED) is 0.284. The fraction of sp³-hybridized carbons (Fsp3) is 0.500. The summed E-state index contributed by atoms with van der Waals surface area (Å²) in [5.41, 5.74) is 2.98. The Balaban J connectivity index is 1.31. The van der Waals surface area contributed by atoms with Gasteiger partial charge in [-0.3, -0.25) is 14.3 Å². The summed E-state index contributed by atoms with van der Waals surface area (Å²) in [4.78, 5) is 38.6. The Labute approximate surface area is 327 Å². The maximum atomic E-state index is 14.8. The van der Waals surface area contributed by atoms with Crippen LogP contribution in [0, 0.1) is 17.8 Å². The molecule has 1 spiro atoms. The standard InChI is InChI=1S/C40H48ClN5O8S/c1-24-8-6-10-32(50-2)29-14-11-27(29)20-46-22-40(17-7-9-25-18-28(41)13-15-30(25)40)23-54-33-16-12-26(19-31(33)46)35(47)44-55(49,21-24)45-36(48)34-37(51-3)42-39(53-5)43-38(34)52-4/h6,10,12-13,15-16,18-19,24,27,29,32H,7-9,11,14,17,20-23H2,1-5H3,(H,44,45,47,48,49)/b10-6+/t24-,27-,29+,32-,40-,55?/m0/s1. The van der Waals surface area contributed by atoms with Crippen molar-refractivity contribution in [2.75, 3.05) is 58.8 Å². The minimum absolute atomic E-state index is 0.0914. The van der Waals surface area contributed by atoms with E-state index in [-0.39, 0.29) is 52.1 Å². The largest absolute Gasteiger partial charge is 0.490 e. The topological polar surface area (TPSA) is 151 Å². The predicted octanol–water partition coefficient (Wildman–Crippen LogP) is 6.22. The molecule has 13 nitrogen and oxygen atoms in total. The summed E-state index contributed by atoms with van der Waals surface area (Å²) in [5, 5.41) is 0.722. The van der Waals surface area contributed by atoms with Gasteiger partial charge >= 0.3 is 6.01 Å². The number of hydrogen-bond acceptors (Lipinski definition) is 11. The monoisotopic (exact) mass is 793 g/mol. The van der Waals surface area contributed by atoms with Crippen molar-refractivity contribution in [3.05, 3.63) is 75.8 Å². The van der Waals surface area contributed by atoms with Gasteiger partial charge in [-0.2, -0.15) is 9.97 Å². The van der Waals surface area contributed by atoms with E-state index in [1.165, 1.54) is 32.5 Å². The number of amides is 2. The number of methoxy groups -OCH3 is 4. The number of hydrogen-bond donors (Lipinski definition) is 1. The van der Waals surface area contributed by atoms with Crippen LogP contribution in [0.1, 0.15) is 70.9 Å². The summed E-state index contributed by atoms with van der Waals surface area (Å²) >= 11 is 6.47. The highest BCUT2D eigenvalue weighted by Crippen LogP contribution is 2.47. The van der Waals surface area contributed by atoms with Crippen molar-refractivity contribution in [3.63, 3.8) is 0 Å². The number of aryl methyl sites for hydroxylation is 1. The molecular formula is C40H48ClN5O8S. The van der Waals surface area contributed by atoms with Crippen LogP contribution >= 0.6 is 11.6 Å². The molecule has 2 amide bonds. The molecule has 0 saturated heterocycles. The third kappa shape index (κ3) is 7.86. The number of anilines is 1. The van der Waals surface area contributed by atoms with E-state index in [9.17, 15) is 13.8 Å². The molecule has 55 heavy (non-hydrogen) atoms. The third-order valence-electron chi connectivity index (χ3n) is 11.4. The zero-order chi connectivity index (χ0) is 38.9. The second-order valence-electron chi connectivity index (χ2n) is 15.0. The molecule has 15 heteroatoms. The first-order valence-corrected chi connectivity index (χ1v) is 20.7. The molecule has 1 N–H and O–H groups in total. The summed E-state index contributed by atoms with van der Waals surface area (Å²) in [6.07, 6.45) is 9.53. The van der Waals surface area contributed by atoms with Gasteiger partial charge in [-0.05, 0) is 97.7 Å². The number of halogens is 1. The fourth-order valence-corrected chi connectivity index (χ4v) is 10.6. The van der Waals surface area contributed by atoms with E-state index >= 15 is 0 Å². The van der Waals surface area contributed by atoms with Crippen molar-refractivity contribution in [2.24, 2.45) is 22.1 Å². The van der Waals surface area contributed by atoms with Crippen LogP contribution in [0.15, 0.2) is 52.9 Å². The number of carbonyl (C=O) groups excluding carboxylic acids is 2. The molecular weight excluding hydrogens is 746 g/mol. The smallest absolute Gasteiger partial charge is 0.322 e. The number of aromatic nitrogens is 2. The Hall–Kier alpha value is -4.40. The lowest BCUT2D eigenvalue weighted by molar-refractivity contribution is 0.0131. The van der Waals surface area contributed by atoms with Crippen LogP contribution in [-0.2, 0) is 26.5 Å². The Morgan fingerprint density at radius 3 is 2.53 bits per heavy atom. The van der Waals surface area contributed by atoms with E-state index in [2.05, 4.69) is 42.2 Å². The van der Waals surface area contributed by atoms with Crippen molar-refractivity contribution in [3.8, 4) is 23.5 Å². The van der Waals surface area contributed by atoms with Crippen molar-refractivity contribution >= 4 is 39.0 Å². The molecule has 3 heterocycles. The second kappa shape index (κ2) is 16.0. The van der Waals surface area contributed by atoms with Gasteiger partial charge < -0.3 is 28.6 Å². The van der Waals surface area contributed by atoms with Crippen molar-refractivity contribution in [2.45, 2.75) is 57.0 Å². The van der Waals surface area contributed by atoms with Crippen LogP contribution < -0.4 is 28.6 Å². The Kier molecular flexibility index (Phi) is 11.3. The van der Waals surface area contributed by atoms with E-state index in [1.807, 2.05) is 19.1 Å². The van der Waals surface area contributed by atoms with Gasteiger partial charge in [0.25, 0.3) is 11.8 Å². The summed E-state index contributed by atoms with van der Waals surface area (Å²) in [5.74, 6) is -0.992. The van der Waals surface area contributed by atoms with Gasteiger partial charge in [0, 0.05) is 36.2 Å². The van der Waals surface area contributed by atoms with E-state index in [4.69, 9.17) is 35.3 Å². The van der Waals surface area contributed by atoms with E-state index in [1.54, 1.807) is 25.3 Å². The van der Waals surface area contributed by atoms with Gasteiger partial charge in [0.2, 0.25) is 11.8 Å². The summed E-state index contributed by atoms with van der Waals surface area (Å²) < 4.78 is 50.2. The van der Waals surface area contributed by atoms with Crippen LogP contribution in [0.5, 0.6) is 23.5 Å². The van der Waals surface area contributed by atoms with Gasteiger partial charge in [0.1, 0.15) is 15.7 Å². The summed E-state index contributed by atoms with van der Waals surface area (Å²) in [6.45, 7) is 3.79. The highest BCUT2D eigenvalue weighted by molar-refractivity contribution is 7.92. The van der Waals surface area contributed by atoms with Gasteiger partial charge in [-0.15, -0.1) is 4.36 Å². The zero-order valence-electron chi connectivity index (χ0n) is 31.8. The van der Waals surface area contributed by atoms with Crippen LogP contribution in [-0.4, -0.2) is 86.0 Å². The molecule has 3 aromatic rings. The lowest BCUT2D eigenvalue weighted by Crippen LogP contribution is -2.49. The number of benzene rings is 2. The molecule has 294 valence electrons. The summed E-state index contributed by atoms with van der Waals surface area (Å²) in [6, 6.07) is 11.3. The first-order chi connectivity index (χ1) is 26.5. The molecule has 1 fully saturated rings. The van der Waals surface area contributed by atoms with E-state index in [0.29, 0.717) is 37.2 Å². The van der Waals surface area contributed by atoms with Crippen molar-refractivity contribution < 1.29 is 37.5 Å². The fourth-order valence-electron chi connectivity index (χ4n) is 8.55. The van der Waals surface area contributed by atoms with Crippen molar-refractivity contribution in [1.82, 2.24) is 14.7 Å². The minimum Gasteiger partial charge on any atom is -0.490 e. The van der Waals surface area contributed by atoms with E-state index in [0.717, 1.165) is 49.4 Å². The van der Waals surface area contributed by atoms with Crippen LogP contribution in [0.4, 0.5) is 5.69 Å². The first kappa shape index (κ1) is 38.9. The molecule has 7 rings (SSSR count). The average Bonchev–Trinajstić information content (AvgIpc) is 3.31. The highest BCUT2D eigenvalue weighted by atomic mass is 35.5. The second-order valence-corrected chi connectivity index (χ2v) is 17.4. The van der Waals surface area contributed by atoms with Crippen LogP contribution in [0.25, 0.3) is 0 Å². The van der Waals surface area contributed by atoms with Crippen molar-refractivity contribution in [1.29, 1.82) is 0 Å². The Bertz CT molecular complexity index is 2100. The third-order valence-corrected chi connectivity index (χ3v) is 13.6. The molecule has 2 bridgehead atoms. The van der Waals surface area contributed by atoms with E-state index < -0.39 is 21.7 Å². The molecule has 1 aromatic heterocycles. The van der Waals surface area contributed by atoms with Crippen LogP contribution in [0.3, 0.4) is 0 Å². The molecule has 1 unspecified atom stereocenters. The lowest BCUT2D eigenvalue weighted by Gasteiger charge is -2.46. The zero-order valence-corrected chi connectivity index (χ0v) is 33.4. The number of carbonyl (C=O) groups is 2. The molecule has 2 aliphatic heterocycles. The number of nitrogens with one attached hydrogen (secondary N) is 1. The molecule has 2 aliphatic carbocycles. The molecule has 0 radical (unpaired) electrons. The Morgan fingerprint density at radius 1 is 1.05 bits per heavy atom. The predicted molar refractivity (Wildman–Crippen MR) is 209 cm³/mol. The lowest BCUT2D eigenvalue weighted by atomic mass is 9.68. The average molecular weight is 794 g/mol. The number of fused-ring (bicyclic) bond motifs is 4. The van der Waals surface area contributed by atoms with Crippen LogP contribution in [0.2, 0.25) is 5.02 Å². The SMILES string of the molecule is COc1nc(OC)c(C(=O)NS2(=O)=NC(=O)c3ccc4c(c3)N(C[C@@H]3CC[C@H]3[C@@H](OC)/C=C/C[C@H](C)C2)C[C@@]2(CCCc3cc(Cl)ccc32)CO4)c(OC)n1. The molecule has 1 saturated carbocycles. The maximum Gasteiger partial charge on any atom is 0.322 e. The van der Waals surface area contributed by atoms with Gasteiger partial charge in [0.05, 0.1) is 45.5 Å². The van der Waals surface area contributed by atoms with Gasteiger partial charge in [-0.25, -0.2) is 4.21 Å². The maximum absolute atomic E-state index is 14.8. The molecule has 6 atom stereocenters. The molecule has 4 aliphatic rings.